The van der Waals surface area contributed by atoms with Crippen LogP contribution in [0.15, 0.2) is 37.0 Å². The van der Waals surface area contributed by atoms with Gasteiger partial charge in [-0.25, -0.2) is 4.79 Å². The Morgan fingerprint density at radius 1 is 1.59 bits per heavy atom. The van der Waals surface area contributed by atoms with Crippen LogP contribution >= 0.6 is 0 Å². The van der Waals surface area contributed by atoms with Crippen molar-refractivity contribution in [2.75, 3.05) is 13.2 Å². The van der Waals surface area contributed by atoms with Crippen LogP contribution in [0.5, 0.6) is 0 Å². The van der Waals surface area contributed by atoms with Crippen molar-refractivity contribution in [1.82, 2.24) is 4.90 Å². The van der Waals surface area contributed by atoms with E-state index in [-0.39, 0.29) is 24.3 Å². The Bertz CT molecular complexity index is 397. The largest absolute Gasteiger partial charge is 0.447 e. The predicted octanol–water partition coefficient (Wildman–Crippen LogP) is 1.69. The topological polar surface area (TPSA) is 46.6 Å². The summed E-state index contributed by atoms with van der Waals surface area (Å²) in [6, 6.07) is -0.0485. The summed E-state index contributed by atoms with van der Waals surface area (Å²) in [4.78, 5) is 24.4. The van der Waals surface area contributed by atoms with E-state index >= 15 is 0 Å². The van der Waals surface area contributed by atoms with Gasteiger partial charge in [0.2, 0.25) is 0 Å². The van der Waals surface area contributed by atoms with E-state index in [0.29, 0.717) is 6.61 Å². The molecule has 1 unspecified atom stereocenters. The van der Waals surface area contributed by atoms with Crippen molar-refractivity contribution < 1.29 is 14.3 Å². The number of carbonyl (C=O) groups excluding carboxylic acids is 2. The summed E-state index contributed by atoms with van der Waals surface area (Å²) < 4.78 is 5.02. The highest BCUT2D eigenvalue weighted by Crippen LogP contribution is 2.25. The number of ether oxygens (including phenoxy) is 1. The van der Waals surface area contributed by atoms with Crippen LogP contribution in [0.3, 0.4) is 0 Å². The number of rotatable bonds is 4. The van der Waals surface area contributed by atoms with Crippen LogP contribution in [0.2, 0.25) is 0 Å². The summed E-state index contributed by atoms with van der Waals surface area (Å²) in [6.07, 6.45) is 9.75. The number of cyclic esters (lactones) is 1. The molecule has 0 saturated carbocycles. The maximum absolute atomic E-state index is 11.6. The highest BCUT2D eigenvalue weighted by Gasteiger charge is 2.37. The molecule has 1 aliphatic carbocycles. The Kier molecular flexibility index (Phi) is 3.42. The first-order chi connectivity index (χ1) is 8.22. The van der Waals surface area contributed by atoms with Crippen molar-refractivity contribution in [1.29, 1.82) is 0 Å². The number of ketones is 1. The fourth-order valence-corrected chi connectivity index (χ4v) is 2.12. The predicted molar refractivity (Wildman–Crippen MR) is 63.4 cm³/mol. The van der Waals surface area contributed by atoms with Crippen molar-refractivity contribution in [2.45, 2.75) is 12.5 Å². The summed E-state index contributed by atoms with van der Waals surface area (Å²) in [7, 11) is 0. The summed E-state index contributed by atoms with van der Waals surface area (Å²) >= 11 is 0. The zero-order valence-corrected chi connectivity index (χ0v) is 9.54. The molecule has 0 N–H and O–H groups in total. The van der Waals surface area contributed by atoms with E-state index in [1.54, 1.807) is 0 Å². The van der Waals surface area contributed by atoms with E-state index in [1.807, 2.05) is 12.2 Å². The van der Waals surface area contributed by atoms with Crippen LogP contribution in [0.4, 0.5) is 4.79 Å². The van der Waals surface area contributed by atoms with Gasteiger partial charge >= 0.3 is 6.09 Å². The third kappa shape index (κ3) is 2.46. The standard InChI is InChI=1S/C13H15NO3/c1-2-11(15)8-14-12(9-17-13(14)16)10-6-4-3-5-7-10/h2-6,10,12H,1,7-9H2/t10?,12-/m1/s1. The minimum atomic E-state index is -0.409. The van der Waals surface area contributed by atoms with E-state index in [9.17, 15) is 9.59 Å². The lowest BCUT2D eigenvalue weighted by atomic mass is 9.92. The third-order valence-electron chi connectivity index (χ3n) is 3.07. The number of amides is 1. The fourth-order valence-electron chi connectivity index (χ4n) is 2.12. The van der Waals surface area contributed by atoms with Crippen molar-refractivity contribution in [2.24, 2.45) is 5.92 Å². The molecule has 90 valence electrons. The van der Waals surface area contributed by atoms with Crippen LogP contribution in [-0.2, 0) is 9.53 Å². The molecule has 2 aliphatic rings. The lowest BCUT2D eigenvalue weighted by molar-refractivity contribution is -0.115. The Labute approximate surface area is 100 Å². The average molecular weight is 233 g/mol. The molecule has 17 heavy (non-hydrogen) atoms. The van der Waals surface area contributed by atoms with Gasteiger partial charge in [0, 0.05) is 5.92 Å². The number of hydrogen-bond donors (Lipinski definition) is 0. The lowest BCUT2D eigenvalue weighted by Crippen LogP contribution is -2.41. The molecule has 0 spiro atoms. The molecular formula is C13H15NO3. The summed E-state index contributed by atoms with van der Waals surface area (Å²) in [6.45, 7) is 3.82. The maximum atomic E-state index is 11.6. The van der Waals surface area contributed by atoms with Gasteiger partial charge in [-0.1, -0.05) is 30.9 Å². The highest BCUT2D eigenvalue weighted by molar-refractivity contribution is 5.93. The Balaban J connectivity index is 2.07. The molecule has 1 aliphatic heterocycles. The average Bonchev–Trinajstić information content (AvgIpc) is 2.72. The van der Waals surface area contributed by atoms with E-state index in [0.717, 1.165) is 6.42 Å². The summed E-state index contributed by atoms with van der Waals surface area (Å²) in [5.41, 5.74) is 0. The summed E-state index contributed by atoms with van der Waals surface area (Å²) in [5, 5.41) is 0. The lowest BCUT2D eigenvalue weighted by Gasteiger charge is -2.26. The molecule has 0 aromatic carbocycles. The molecule has 2 rings (SSSR count). The first kappa shape index (κ1) is 11.6. The quantitative estimate of drug-likeness (QED) is 0.694. The van der Waals surface area contributed by atoms with E-state index < -0.39 is 6.09 Å². The Morgan fingerprint density at radius 3 is 3.06 bits per heavy atom. The first-order valence-corrected chi connectivity index (χ1v) is 5.64. The second-order valence-electron chi connectivity index (χ2n) is 4.16. The van der Waals surface area contributed by atoms with Crippen LogP contribution in [0, 0.1) is 5.92 Å². The van der Waals surface area contributed by atoms with Crippen molar-refractivity contribution in [3.05, 3.63) is 37.0 Å². The number of carbonyl (C=O) groups is 2. The monoisotopic (exact) mass is 233 g/mol. The van der Waals surface area contributed by atoms with E-state index in [4.69, 9.17) is 4.74 Å². The van der Waals surface area contributed by atoms with Gasteiger partial charge in [-0.15, -0.1) is 0 Å². The van der Waals surface area contributed by atoms with E-state index in [2.05, 4.69) is 18.7 Å². The van der Waals surface area contributed by atoms with Crippen LogP contribution in [0.1, 0.15) is 6.42 Å². The number of hydrogen-bond acceptors (Lipinski definition) is 3. The Morgan fingerprint density at radius 2 is 2.41 bits per heavy atom. The van der Waals surface area contributed by atoms with Gasteiger partial charge < -0.3 is 4.74 Å². The molecule has 1 saturated heterocycles. The van der Waals surface area contributed by atoms with E-state index in [1.165, 1.54) is 11.0 Å². The second kappa shape index (κ2) is 4.99. The molecule has 4 nitrogen and oxygen atoms in total. The minimum absolute atomic E-state index is 0.0485. The molecule has 4 heteroatoms. The van der Waals surface area contributed by atoms with Crippen LogP contribution in [-0.4, -0.2) is 36.0 Å². The molecule has 1 amide bonds. The van der Waals surface area contributed by atoms with Crippen molar-refractivity contribution in [3.63, 3.8) is 0 Å². The van der Waals surface area contributed by atoms with Gasteiger partial charge in [0.1, 0.15) is 6.61 Å². The normalized spacial score (nSPS) is 27.1. The number of allylic oxidation sites excluding steroid dienone is 3. The van der Waals surface area contributed by atoms with Gasteiger partial charge in [-0.2, -0.15) is 0 Å². The first-order valence-electron chi connectivity index (χ1n) is 5.64. The SMILES string of the molecule is C=CC(=O)CN1C(=O)OC[C@@H]1C1C=CC=CC1. The smallest absolute Gasteiger partial charge is 0.410 e. The van der Waals surface area contributed by atoms with Gasteiger partial charge in [0.15, 0.2) is 5.78 Å². The van der Waals surface area contributed by atoms with Crippen molar-refractivity contribution >= 4 is 11.9 Å². The Hall–Kier alpha value is -1.84. The zero-order chi connectivity index (χ0) is 12.3. The van der Waals surface area contributed by atoms with Gasteiger partial charge in [0.05, 0.1) is 12.6 Å². The molecule has 2 atom stereocenters. The molecule has 0 aromatic rings. The molecule has 0 radical (unpaired) electrons. The van der Waals surface area contributed by atoms with Gasteiger partial charge in [0.25, 0.3) is 0 Å². The van der Waals surface area contributed by atoms with Gasteiger partial charge in [-0.05, 0) is 12.5 Å². The van der Waals surface area contributed by atoms with Gasteiger partial charge in [-0.3, -0.25) is 9.69 Å². The third-order valence-corrected chi connectivity index (χ3v) is 3.07. The zero-order valence-electron chi connectivity index (χ0n) is 9.54. The highest BCUT2D eigenvalue weighted by atomic mass is 16.6. The fraction of sp³-hybridized carbons (Fsp3) is 0.385. The van der Waals surface area contributed by atoms with Crippen LogP contribution < -0.4 is 0 Å². The summed E-state index contributed by atoms with van der Waals surface area (Å²) in [5.74, 6) is 0.0632. The van der Waals surface area contributed by atoms with Crippen molar-refractivity contribution in [3.8, 4) is 0 Å². The molecule has 1 fully saturated rings. The second-order valence-corrected chi connectivity index (χ2v) is 4.16. The number of nitrogens with zero attached hydrogens (tertiary/aromatic N) is 1. The molecule has 1 heterocycles. The maximum Gasteiger partial charge on any atom is 0.410 e. The minimum Gasteiger partial charge on any atom is -0.447 e. The molecule has 0 aromatic heterocycles. The molecule has 0 bridgehead atoms. The van der Waals surface area contributed by atoms with Crippen LogP contribution in [0.25, 0.3) is 0 Å². The molecular weight excluding hydrogens is 218 g/mol.